The van der Waals surface area contributed by atoms with Crippen molar-refractivity contribution in [3.8, 4) is 0 Å². The number of alkyl halides is 2. The topological polar surface area (TPSA) is 17.8 Å². The molecule has 1 aromatic heterocycles. The molecule has 0 saturated carbocycles. The summed E-state index contributed by atoms with van der Waals surface area (Å²) < 4.78 is 25.2. The zero-order chi connectivity index (χ0) is 8.27. The van der Waals surface area contributed by atoms with Crippen LogP contribution in [0.4, 0.5) is 8.78 Å². The van der Waals surface area contributed by atoms with Gasteiger partial charge in [0.1, 0.15) is 5.82 Å². The number of hydrogen-bond donors (Lipinski definition) is 0. The van der Waals surface area contributed by atoms with Crippen LogP contribution in [0.25, 0.3) is 0 Å². The van der Waals surface area contributed by atoms with Crippen molar-refractivity contribution in [1.29, 1.82) is 0 Å². The van der Waals surface area contributed by atoms with Crippen molar-refractivity contribution >= 4 is 0 Å². The number of imidazole rings is 1. The smallest absolute Gasteiger partial charge is 0.256 e. The molecule has 0 saturated heterocycles. The van der Waals surface area contributed by atoms with E-state index in [9.17, 15) is 8.78 Å². The van der Waals surface area contributed by atoms with E-state index < -0.39 is 6.43 Å². The van der Waals surface area contributed by atoms with Crippen molar-refractivity contribution in [2.45, 2.75) is 26.3 Å². The molecule has 2 nitrogen and oxygen atoms in total. The fourth-order valence-corrected chi connectivity index (χ4v) is 0.969. The first kappa shape index (κ1) is 8.17. The maximum atomic E-state index is 11.9. The number of nitrogens with zero attached hydrogens (tertiary/aromatic N) is 2. The van der Waals surface area contributed by atoms with E-state index >= 15 is 0 Å². The molecular weight excluding hydrogens is 150 g/mol. The average molecular weight is 160 g/mol. The molecule has 0 N–H and O–H groups in total. The Kier molecular flexibility index (Phi) is 2.57. The fourth-order valence-electron chi connectivity index (χ4n) is 0.969. The van der Waals surface area contributed by atoms with E-state index in [4.69, 9.17) is 0 Å². The van der Waals surface area contributed by atoms with Crippen LogP contribution in [0.5, 0.6) is 0 Å². The first-order chi connectivity index (χ1) is 5.24. The Morgan fingerprint density at radius 3 is 2.91 bits per heavy atom. The van der Waals surface area contributed by atoms with Crippen molar-refractivity contribution in [3.05, 3.63) is 18.2 Å². The van der Waals surface area contributed by atoms with Crippen LogP contribution in [0.15, 0.2) is 12.4 Å². The predicted octanol–water partition coefficient (Wildman–Crippen LogP) is 1.71. The Bertz CT molecular complexity index is 220. The van der Waals surface area contributed by atoms with Crippen molar-refractivity contribution in [1.82, 2.24) is 9.55 Å². The molecule has 0 fully saturated rings. The number of aromatic nitrogens is 2. The highest BCUT2D eigenvalue weighted by atomic mass is 19.3. The summed E-state index contributed by atoms with van der Waals surface area (Å²) >= 11 is 0. The third-order valence-corrected chi connectivity index (χ3v) is 1.45. The van der Waals surface area contributed by atoms with Gasteiger partial charge in [0.15, 0.2) is 0 Å². The Labute approximate surface area is 63.9 Å². The van der Waals surface area contributed by atoms with Gasteiger partial charge in [0.25, 0.3) is 6.43 Å². The summed E-state index contributed by atoms with van der Waals surface area (Å²) in [6.07, 6.45) is 1.51. The van der Waals surface area contributed by atoms with E-state index in [0.29, 0.717) is 12.2 Å². The summed E-state index contributed by atoms with van der Waals surface area (Å²) in [7, 11) is 0. The maximum absolute atomic E-state index is 11.9. The Hall–Kier alpha value is -0.930. The SMILES string of the molecule is CCc1nccn1CC(F)F. The summed E-state index contributed by atoms with van der Waals surface area (Å²) in [4.78, 5) is 3.92. The molecule has 0 aliphatic carbocycles. The molecule has 1 heterocycles. The number of rotatable bonds is 3. The van der Waals surface area contributed by atoms with Gasteiger partial charge in [-0.2, -0.15) is 0 Å². The van der Waals surface area contributed by atoms with E-state index in [2.05, 4.69) is 4.98 Å². The highest BCUT2D eigenvalue weighted by Gasteiger charge is 2.06. The average Bonchev–Trinajstić information content (AvgIpc) is 2.34. The normalized spacial score (nSPS) is 10.9. The number of hydrogen-bond acceptors (Lipinski definition) is 1. The largest absolute Gasteiger partial charge is 0.329 e. The molecule has 0 aromatic carbocycles. The lowest BCUT2D eigenvalue weighted by Gasteiger charge is -2.03. The minimum Gasteiger partial charge on any atom is -0.329 e. The Morgan fingerprint density at radius 1 is 1.64 bits per heavy atom. The molecule has 4 heteroatoms. The molecule has 0 atom stereocenters. The molecule has 0 aliphatic rings. The predicted molar refractivity (Wildman–Crippen MR) is 37.6 cm³/mol. The second-order valence-electron chi connectivity index (χ2n) is 2.24. The standard InChI is InChI=1S/C7H10F2N2/c1-2-7-10-3-4-11(7)5-6(8)9/h3-4,6H,2,5H2,1H3. The van der Waals surface area contributed by atoms with Gasteiger partial charge in [-0.25, -0.2) is 13.8 Å². The zero-order valence-electron chi connectivity index (χ0n) is 6.30. The summed E-state index contributed by atoms with van der Waals surface area (Å²) in [5, 5.41) is 0. The van der Waals surface area contributed by atoms with Crippen LogP contribution in [-0.2, 0) is 13.0 Å². The lowest BCUT2D eigenvalue weighted by Crippen LogP contribution is -2.08. The zero-order valence-corrected chi connectivity index (χ0v) is 6.30. The van der Waals surface area contributed by atoms with Gasteiger partial charge in [-0.15, -0.1) is 0 Å². The molecule has 0 unspecified atom stereocenters. The Balaban J connectivity index is 2.68. The molecule has 0 spiro atoms. The number of aryl methyl sites for hydroxylation is 1. The summed E-state index contributed by atoms with van der Waals surface area (Å²) in [6, 6.07) is 0. The van der Waals surface area contributed by atoms with E-state index in [-0.39, 0.29) is 6.54 Å². The van der Waals surface area contributed by atoms with E-state index in [1.54, 1.807) is 12.4 Å². The minimum atomic E-state index is -2.30. The van der Waals surface area contributed by atoms with Crippen LogP contribution in [0.3, 0.4) is 0 Å². The molecule has 1 rings (SSSR count). The first-order valence-corrected chi connectivity index (χ1v) is 3.52. The Morgan fingerprint density at radius 2 is 2.36 bits per heavy atom. The van der Waals surface area contributed by atoms with Gasteiger partial charge >= 0.3 is 0 Å². The summed E-state index contributed by atoms with van der Waals surface area (Å²) in [6.45, 7) is 1.65. The van der Waals surface area contributed by atoms with Gasteiger partial charge in [-0.1, -0.05) is 6.92 Å². The third kappa shape index (κ3) is 2.00. The van der Waals surface area contributed by atoms with Crippen molar-refractivity contribution in [3.63, 3.8) is 0 Å². The fraction of sp³-hybridized carbons (Fsp3) is 0.571. The molecular formula is C7H10F2N2. The van der Waals surface area contributed by atoms with Crippen LogP contribution >= 0.6 is 0 Å². The van der Waals surface area contributed by atoms with E-state index in [1.165, 1.54) is 4.57 Å². The first-order valence-electron chi connectivity index (χ1n) is 3.52. The molecule has 11 heavy (non-hydrogen) atoms. The molecule has 0 bridgehead atoms. The molecule has 0 aliphatic heterocycles. The van der Waals surface area contributed by atoms with Crippen LogP contribution in [0, 0.1) is 0 Å². The van der Waals surface area contributed by atoms with Gasteiger partial charge in [0, 0.05) is 18.8 Å². The second kappa shape index (κ2) is 3.46. The monoisotopic (exact) mass is 160 g/mol. The lowest BCUT2D eigenvalue weighted by molar-refractivity contribution is 0.125. The van der Waals surface area contributed by atoms with Crippen molar-refractivity contribution < 1.29 is 8.78 Å². The molecule has 0 amide bonds. The minimum absolute atomic E-state index is 0.247. The maximum Gasteiger partial charge on any atom is 0.256 e. The van der Waals surface area contributed by atoms with Crippen LogP contribution < -0.4 is 0 Å². The molecule has 1 aromatic rings. The highest BCUT2D eigenvalue weighted by molar-refractivity contribution is 4.91. The van der Waals surface area contributed by atoms with Crippen LogP contribution in [0.1, 0.15) is 12.7 Å². The third-order valence-electron chi connectivity index (χ3n) is 1.45. The summed E-state index contributed by atoms with van der Waals surface area (Å²) in [5.41, 5.74) is 0. The highest BCUT2D eigenvalue weighted by Crippen LogP contribution is 2.03. The van der Waals surface area contributed by atoms with Gasteiger partial charge < -0.3 is 4.57 Å². The van der Waals surface area contributed by atoms with Crippen LogP contribution in [0.2, 0.25) is 0 Å². The quantitative estimate of drug-likeness (QED) is 0.658. The van der Waals surface area contributed by atoms with E-state index in [1.807, 2.05) is 6.92 Å². The van der Waals surface area contributed by atoms with Gasteiger partial charge in [0.05, 0.1) is 6.54 Å². The van der Waals surface area contributed by atoms with Gasteiger partial charge in [-0.05, 0) is 0 Å². The summed E-state index contributed by atoms with van der Waals surface area (Å²) in [5.74, 6) is 0.713. The van der Waals surface area contributed by atoms with Crippen LogP contribution in [-0.4, -0.2) is 16.0 Å². The lowest BCUT2D eigenvalue weighted by atomic mass is 10.4. The van der Waals surface area contributed by atoms with Crippen molar-refractivity contribution in [2.75, 3.05) is 0 Å². The van der Waals surface area contributed by atoms with Gasteiger partial charge in [-0.3, -0.25) is 0 Å². The second-order valence-corrected chi connectivity index (χ2v) is 2.24. The van der Waals surface area contributed by atoms with Crippen molar-refractivity contribution in [2.24, 2.45) is 0 Å². The van der Waals surface area contributed by atoms with Gasteiger partial charge in [0.2, 0.25) is 0 Å². The molecule has 0 radical (unpaired) electrons. The number of halogens is 2. The molecule has 62 valence electrons. The van der Waals surface area contributed by atoms with E-state index in [0.717, 1.165) is 0 Å².